The van der Waals surface area contributed by atoms with Crippen LogP contribution in [0.15, 0.2) is 35.7 Å². The lowest BCUT2D eigenvalue weighted by molar-refractivity contribution is -0.145. The molecule has 3 rings (SSSR count). The molecule has 0 aromatic heterocycles. The standard InChI is InChI=1S/C19H27N3O2.2ClH/c1-5-24-19(23)15-10-11-17(21(2)3)14-12-13-8-6-7-9-16(13)22(4)18(14)20-15;;/h6-9,15,17,20H,5,10-12H2,1-4H3;2*1H. The molecule has 2 aliphatic rings. The quantitative estimate of drug-likeness (QED) is 0.788. The average molecular weight is 402 g/mol. The summed E-state index contributed by atoms with van der Waals surface area (Å²) in [5, 5.41) is 3.48. The molecule has 7 heteroatoms. The van der Waals surface area contributed by atoms with E-state index in [0.717, 1.165) is 25.1 Å². The highest BCUT2D eigenvalue weighted by Gasteiger charge is 2.35. The molecule has 0 saturated heterocycles. The van der Waals surface area contributed by atoms with Crippen LogP contribution in [0.5, 0.6) is 0 Å². The number of hydrogen-bond acceptors (Lipinski definition) is 5. The Bertz CT molecular complexity index is 664. The summed E-state index contributed by atoms with van der Waals surface area (Å²) in [4.78, 5) is 16.8. The number of nitrogens with one attached hydrogen (secondary N) is 1. The summed E-state index contributed by atoms with van der Waals surface area (Å²) in [7, 11) is 6.29. The molecule has 2 heterocycles. The summed E-state index contributed by atoms with van der Waals surface area (Å²) in [6, 6.07) is 8.51. The number of esters is 1. The molecule has 0 spiro atoms. The van der Waals surface area contributed by atoms with Crippen LogP contribution in [0.2, 0.25) is 0 Å². The molecule has 0 radical (unpaired) electrons. The molecule has 5 nitrogen and oxygen atoms in total. The minimum Gasteiger partial charge on any atom is -0.464 e. The maximum absolute atomic E-state index is 12.3. The van der Waals surface area contributed by atoms with Gasteiger partial charge in [0.05, 0.1) is 6.61 Å². The molecule has 2 atom stereocenters. The fourth-order valence-electron chi connectivity index (χ4n) is 3.80. The van der Waals surface area contributed by atoms with E-state index >= 15 is 0 Å². The number of halogens is 2. The van der Waals surface area contributed by atoms with Gasteiger partial charge in [0.2, 0.25) is 0 Å². The van der Waals surface area contributed by atoms with Gasteiger partial charge in [0, 0.05) is 25.2 Å². The number of ether oxygens (including phenoxy) is 1. The zero-order valence-corrected chi connectivity index (χ0v) is 17.5. The SMILES string of the molecule is CCOC(=O)C1CCC(N(C)C)C2=C(N1)N(C)c1ccccc1C2.Cl.Cl. The van der Waals surface area contributed by atoms with E-state index in [1.165, 1.54) is 16.8 Å². The van der Waals surface area contributed by atoms with E-state index < -0.39 is 0 Å². The summed E-state index contributed by atoms with van der Waals surface area (Å²) in [5.41, 5.74) is 3.89. The summed E-state index contributed by atoms with van der Waals surface area (Å²) in [6.45, 7) is 2.27. The van der Waals surface area contributed by atoms with Crippen LogP contribution >= 0.6 is 24.8 Å². The zero-order chi connectivity index (χ0) is 17.3. The summed E-state index contributed by atoms with van der Waals surface area (Å²) >= 11 is 0. The van der Waals surface area contributed by atoms with Gasteiger partial charge in [-0.2, -0.15) is 0 Å². The maximum Gasteiger partial charge on any atom is 0.328 e. The molecule has 2 unspecified atom stereocenters. The molecule has 2 aliphatic heterocycles. The monoisotopic (exact) mass is 401 g/mol. The number of carbonyl (C=O) groups is 1. The van der Waals surface area contributed by atoms with Crippen molar-refractivity contribution in [2.45, 2.75) is 38.3 Å². The van der Waals surface area contributed by atoms with E-state index in [2.05, 4.69) is 60.5 Å². The van der Waals surface area contributed by atoms with E-state index in [0.29, 0.717) is 12.6 Å². The minimum atomic E-state index is -0.285. The molecule has 0 saturated carbocycles. The third-order valence-corrected chi connectivity index (χ3v) is 5.01. The average Bonchev–Trinajstić information content (AvgIpc) is 2.75. The number of likely N-dealkylation sites (N-methyl/N-ethyl adjacent to an activating group) is 1. The number of rotatable bonds is 3. The predicted molar refractivity (Wildman–Crippen MR) is 110 cm³/mol. The molecule has 146 valence electrons. The molecule has 26 heavy (non-hydrogen) atoms. The second-order valence-electron chi connectivity index (χ2n) is 6.74. The summed E-state index contributed by atoms with van der Waals surface area (Å²) in [6.07, 6.45) is 2.64. The number of fused-ring (bicyclic) bond motifs is 1. The second kappa shape index (κ2) is 9.49. The number of nitrogens with zero attached hydrogens (tertiary/aromatic N) is 2. The van der Waals surface area contributed by atoms with Gasteiger partial charge in [-0.15, -0.1) is 24.8 Å². The number of para-hydroxylation sites is 1. The fourth-order valence-corrected chi connectivity index (χ4v) is 3.80. The van der Waals surface area contributed by atoms with E-state index in [9.17, 15) is 4.79 Å². The highest BCUT2D eigenvalue weighted by Crippen LogP contribution is 2.36. The minimum absolute atomic E-state index is 0. The van der Waals surface area contributed by atoms with Crippen molar-refractivity contribution in [3.8, 4) is 0 Å². The lowest BCUT2D eigenvalue weighted by atomic mass is 9.91. The highest BCUT2D eigenvalue weighted by molar-refractivity contribution is 5.85. The van der Waals surface area contributed by atoms with Gasteiger partial charge in [-0.25, -0.2) is 4.79 Å². The number of carbonyl (C=O) groups excluding carboxylic acids is 1. The van der Waals surface area contributed by atoms with Gasteiger partial charge in [0.1, 0.15) is 11.9 Å². The van der Waals surface area contributed by atoms with Gasteiger partial charge in [-0.05, 0) is 51.1 Å². The van der Waals surface area contributed by atoms with Crippen molar-refractivity contribution in [1.29, 1.82) is 0 Å². The first-order valence-electron chi connectivity index (χ1n) is 8.67. The zero-order valence-electron chi connectivity index (χ0n) is 15.8. The number of benzene rings is 1. The fraction of sp³-hybridized carbons (Fsp3) is 0.526. The highest BCUT2D eigenvalue weighted by atomic mass is 35.5. The van der Waals surface area contributed by atoms with Crippen LogP contribution in [-0.2, 0) is 16.0 Å². The van der Waals surface area contributed by atoms with Gasteiger partial charge in [-0.1, -0.05) is 18.2 Å². The van der Waals surface area contributed by atoms with Crippen LogP contribution < -0.4 is 10.2 Å². The Kier molecular flexibility index (Phi) is 8.25. The Morgan fingerprint density at radius 2 is 1.96 bits per heavy atom. The Balaban J connectivity index is 0.00000169. The van der Waals surface area contributed by atoms with Crippen LogP contribution in [-0.4, -0.2) is 50.7 Å². The molecule has 0 amide bonds. The first-order chi connectivity index (χ1) is 11.5. The Labute approximate surface area is 168 Å². The first-order valence-corrected chi connectivity index (χ1v) is 8.67. The maximum atomic E-state index is 12.3. The number of anilines is 1. The van der Waals surface area contributed by atoms with Gasteiger partial charge in [-0.3, -0.25) is 0 Å². The van der Waals surface area contributed by atoms with Crippen LogP contribution in [0.1, 0.15) is 25.3 Å². The van der Waals surface area contributed by atoms with Gasteiger partial charge in [0.15, 0.2) is 0 Å². The van der Waals surface area contributed by atoms with Crippen molar-refractivity contribution in [1.82, 2.24) is 10.2 Å². The number of hydrogen-bond donors (Lipinski definition) is 1. The van der Waals surface area contributed by atoms with Gasteiger partial charge in [0.25, 0.3) is 0 Å². The smallest absolute Gasteiger partial charge is 0.328 e. The molecule has 1 aromatic carbocycles. The summed E-state index contributed by atoms with van der Waals surface area (Å²) < 4.78 is 5.26. The van der Waals surface area contributed by atoms with E-state index in [1.807, 2.05) is 6.92 Å². The molecular weight excluding hydrogens is 373 g/mol. The Hall–Kier alpha value is -1.43. The molecule has 0 fully saturated rings. The molecule has 1 aromatic rings. The molecular formula is C19H29Cl2N3O2. The van der Waals surface area contributed by atoms with Crippen LogP contribution in [0, 0.1) is 0 Å². The van der Waals surface area contributed by atoms with Crippen LogP contribution in [0.4, 0.5) is 5.69 Å². The first kappa shape index (κ1) is 22.6. The molecule has 0 aliphatic carbocycles. The second-order valence-corrected chi connectivity index (χ2v) is 6.74. The van der Waals surface area contributed by atoms with Crippen molar-refractivity contribution in [3.63, 3.8) is 0 Å². The Morgan fingerprint density at radius 3 is 2.62 bits per heavy atom. The van der Waals surface area contributed by atoms with Gasteiger partial charge < -0.3 is 19.9 Å². The molecule has 0 bridgehead atoms. The van der Waals surface area contributed by atoms with E-state index in [1.54, 1.807) is 0 Å². The van der Waals surface area contributed by atoms with Crippen molar-refractivity contribution in [2.24, 2.45) is 0 Å². The normalized spacial score (nSPS) is 21.5. The third kappa shape index (κ3) is 4.27. The van der Waals surface area contributed by atoms with Crippen molar-refractivity contribution >= 4 is 36.5 Å². The van der Waals surface area contributed by atoms with Crippen molar-refractivity contribution in [3.05, 3.63) is 41.2 Å². The van der Waals surface area contributed by atoms with Gasteiger partial charge >= 0.3 is 5.97 Å². The van der Waals surface area contributed by atoms with Crippen LogP contribution in [0.3, 0.4) is 0 Å². The van der Waals surface area contributed by atoms with Crippen molar-refractivity contribution < 1.29 is 9.53 Å². The van der Waals surface area contributed by atoms with Crippen molar-refractivity contribution in [2.75, 3.05) is 32.6 Å². The predicted octanol–water partition coefficient (Wildman–Crippen LogP) is 2.98. The lowest BCUT2D eigenvalue weighted by Gasteiger charge is -2.36. The summed E-state index contributed by atoms with van der Waals surface area (Å²) in [5.74, 6) is 0.902. The lowest BCUT2D eigenvalue weighted by Crippen LogP contribution is -2.43. The Morgan fingerprint density at radius 1 is 1.27 bits per heavy atom. The topological polar surface area (TPSA) is 44.8 Å². The third-order valence-electron chi connectivity index (χ3n) is 5.01. The van der Waals surface area contributed by atoms with E-state index in [-0.39, 0.29) is 36.8 Å². The van der Waals surface area contributed by atoms with Crippen LogP contribution in [0.25, 0.3) is 0 Å². The van der Waals surface area contributed by atoms with E-state index in [4.69, 9.17) is 4.74 Å². The largest absolute Gasteiger partial charge is 0.464 e. The molecule has 1 N–H and O–H groups in total.